The standard InChI is InChI=1S/C12H12N4/c13-7-9-10-3-1-2-6-16(10)11(15-9)12(8-14)4-5-12/h1-6H2. The second-order valence-electron chi connectivity index (χ2n) is 4.65. The summed E-state index contributed by atoms with van der Waals surface area (Å²) in [5.74, 6) is 0.848. The van der Waals surface area contributed by atoms with Gasteiger partial charge in [-0.15, -0.1) is 0 Å². The molecule has 1 fully saturated rings. The van der Waals surface area contributed by atoms with E-state index in [1.807, 2.05) is 0 Å². The number of aromatic nitrogens is 2. The molecule has 0 saturated heterocycles. The topological polar surface area (TPSA) is 65.4 Å². The molecule has 2 heterocycles. The van der Waals surface area contributed by atoms with E-state index in [-0.39, 0.29) is 5.41 Å². The van der Waals surface area contributed by atoms with Crippen LogP contribution in [0.2, 0.25) is 0 Å². The van der Waals surface area contributed by atoms with Crippen molar-refractivity contribution in [2.45, 2.75) is 44.1 Å². The molecule has 0 radical (unpaired) electrons. The lowest BCUT2D eigenvalue weighted by Crippen LogP contribution is -2.18. The zero-order chi connectivity index (χ0) is 11.2. The number of rotatable bonds is 1. The van der Waals surface area contributed by atoms with E-state index in [9.17, 15) is 5.26 Å². The van der Waals surface area contributed by atoms with Crippen LogP contribution < -0.4 is 0 Å². The lowest BCUT2D eigenvalue weighted by Gasteiger charge is -2.18. The highest BCUT2D eigenvalue weighted by Gasteiger charge is 2.49. The van der Waals surface area contributed by atoms with E-state index in [0.717, 1.165) is 50.2 Å². The van der Waals surface area contributed by atoms with Crippen LogP contribution in [0.4, 0.5) is 0 Å². The van der Waals surface area contributed by atoms with E-state index in [1.54, 1.807) is 0 Å². The van der Waals surface area contributed by atoms with Crippen LogP contribution >= 0.6 is 0 Å². The van der Waals surface area contributed by atoms with Crippen molar-refractivity contribution in [3.05, 3.63) is 17.2 Å². The maximum absolute atomic E-state index is 9.21. The van der Waals surface area contributed by atoms with Crippen LogP contribution in [-0.2, 0) is 18.4 Å². The molecule has 0 atom stereocenters. The van der Waals surface area contributed by atoms with Gasteiger partial charge in [0.25, 0.3) is 0 Å². The van der Waals surface area contributed by atoms with Crippen molar-refractivity contribution in [1.82, 2.24) is 9.55 Å². The number of fused-ring (bicyclic) bond motifs is 1. The van der Waals surface area contributed by atoms with E-state index in [1.165, 1.54) is 0 Å². The molecule has 80 valence electrons. The summed E-state index contributed by atoms with van der Waals surface area (Å²) in [5, 5.41) is 18.3. The fourth-order valence-electron chi connectivity index (χ4n) is 2.51. The van der Waals surface area contributed by atoms with Crippen molar-refractivity contribution in [2.75, 3.05) is 0 Å². The predicted molar refractivity (Wildman–Crippen MR) is 56.4 cm³/mol. The van der Waals surface area contributed by atoms with Crippen LogP contribution in [0.15, 0.2) is 0 Å². The summed E-state index contributed by atoms with van der Waals surface area (Å²) in [6.07, 6.45) is 4.97. The smallest absolute Gasteiger partial charge is 0.162 e. The third-order valence-corrected chi connectivity index (χ3v) is 3.62. The van der Waals surface area contributed by atoms with Crippen LogP contribution in [0.25, 0.3) is 0 Å². The van der Waals surface area contributed by atoms with Gasteiger partial charge in [-0.3, -0.25) is 0 Å². The van der Waals surface area contributed by atoms with E-state index >= 15 is 0 Å². The van der Waals surface area contributed by atoms with Crippen LogP contribution in [0.5, 0.6) is 0 Å². The van der Waals surface area contributed by atoms with E-state index in [4.69, 9.17) is 5.26 Å². The fraction of sp³-hybridized carbons (Fsp3) is 0.583. The van der Waals surface area contributed by atoms with Gasteiger partial charge in [-0.05, 0) is 32.1 Å². The summed E-state index contributed by atoms with van der Waals surface area (Å²) in [4.78, 5) is 4.39. The molecule has 2 aliphatic rings. The van der Waals surface area contributed by atoms with Gasteiger partial charge in [0.05, 0.1) is 11.8 Å². The number of nitriles is 2. The first-order valence-electron chi connectivity index (χ1n) is 5.72. The van der Waals surface area contributed by atoms with E-state index in [0.29, 0.717) is 5.69 Å². The summed E-state index contributed by atoms with van der Waals surface area (Å²) >= 11 is 0. The van der Waals surface area contributed by atoms with Crippen LogP contribution in [0.3, 0.4) is 0 Å². The Kier molecular flexibility index (Phi) is 1.82. The number of nitrogens with zero attached hydrogens (tertiary/aromatic N) is 4. The van der Waals surface area contributed by atoms with Gasteiger partial charge in [-0.1, -0.05) is 0 Å². The quantitative estimate of drug-likeness (QED) is 0.710. The molecule has 0 spiro atoms. The van der Waals surface area contributed by atoms with Gasteiger partial charge in [0.15, 0.2) is 5.69 Å². The second kappa shape index (κ2) is 3.09. The first kappa shape index (κ1) is 9.42. The maximum Gasteiger partial charge on any atom is 0.162 e. The van der Waals surface area contributed by atoms with Gasteiger partial charge in [0, 0.05) is 6.54 Å². The minimum Gasteiger partial charge on any atom is -0.329 e. The van der Waals surface area contributed by atoms with Gasteiger partial charge < -0.3 is 4.57 Å². The molecule has 16 heavy (non-hydrogen) atoms. The van der Waals surface area contributed by atoms with E-state index in [2.05, 4.69) is 21.7 Å². The zero-order valence-corrected chi connectivity index (χ0v) is 9.03. The van der Waals surface area contributed by atoms with Crippen molar-refractivity contribution in [2.24, 2.45) is 0 Å². The fourth-order valence-corrected chi connectivity index (χ4v) is 2.51. The molecule has 3 rings (SSSR count). The number of hydrogen-bond acceptors (Lipinski definition) is 3. The molecule has 1 aromatic rings. The van der Waals surface area contributed by atoms with Crippen LogP contribution in [0, 0.1) is 22.7 Å². The molecular weight excluding hydrogens is 200 g/mol. The highest BCUT2D eigenvalue weighted by molar-refractivity contribution is 5.38. The summed E-state index contributed by atoms with van der Waals surface area (Å²) in [5.41, 5.74) is 1.21. The molecule has 1 aliphatic heterocycles. The van der Waals surface area contributed by atoms with E-state index < -0.39 is 0 Å². The second-order valence-corrected chi connectivity index (χ2v) is 4.65. The molecule has 1 aromatic heterocycles. The Hall–Kier alpha value is -1.81. The Morgan fingerprint density at radius 2 is 2.06 bits per heavy atom. The molecule has 0 unspecified atom stereocenters. The van der Waals surface area contributed by atoms with Gasteiger partial charge in [0.2, 0.25) is 0 Å². The van der Waals surface area contributed by atoms with Crippen molar-refractivity contribution in [1.29, 1.82) is 10.5 Å². The third-order valence-electron chi connectivity index (χ3n) is 3.62. The normalized spacial score (nSPS) is 20.6. The van der Waals surface area contributed by atoms with Crippen molar-refractivity contribution < 1.29 is 0 Å². The Bertz CT molecular complexity index is 522. The monoisotopic (exact) mass is 212 g/mol. The third kappa shape index (κ3) is 1.10. The molecule has 1 saturated carbocycles. The average Bonchev–Trinajstić information content (AvgIpc) is 3.04. The van der Waals surface area contributed by atoms with Gasteiger partial charge in [-0.25, -0.2) is 4.98 Å². The van der Waals surface area contributed by atoms with Crippen molar-refractivity contribution in [3.8, 4) is 12.1 Å². The Labute approximate surface area is 94.1 Å². The molecule has 0 bridgehead atoms. The minimum absolute atomic E-state index is 0.374. The van der Waals surface area contributed by atoms with Crippen LogP contribution in [-0.4, -0.2) is 9.55 Å². The highest BCUT2D eigenvalue weighted by atomic mass is 15.1. The summed E-state index contributed by atoms with van der Waals surface area (Å²) < 4.78 is 2.12. The minimum atomic E-state index is -0.374. The molecule has 4 heteroatoms. The largest absolute Gasteiger partial charge is 0.329 e. The summed E-state index contributed by atoms with van der Waals surface area (Å²) in [7, 11) is 0. The number of hydrogen-bond donors (Lipinski definition) is 0. The van der Waals surface area contributed by atoms with Crippen molar-refractivity contribution >= 4 is 0 Å². The lowest BCUT2D eigenvalue weighted by atomic mass is 10.1. The highest BCUT2D eigenvalue weighted by Crippen LogP contribution is 2.47. The Morgan fingerprint density at radius 1 is 1.25 bits per heavy atom. The molecule has 1 aliphatic carbocycles. The zero-order valence-electron chi connectivity index (χ0n) is 9.03. The first-order chi connectivity index (χ1) is 7.80. The predicted octanol–water partition coefficient (Wildman–Crippen LogP) is 1.65. The Balaban J connectivity index is 2.17. The molecule has 4 nitrogen and oxygen atoms in total. The van der Waals surface area contributed by atoms with Crippen molar-refractivity contribution in [3.63, 3.8) is 0 Å². The SMILES string of the molecule is N#Cc1nc(C2(C#N)CC2)n2c1CCCC2. The van der Waals surface area contributed by atoms with Gasteiger partial charge in [-0.2, -0.15) is 10.5 Å². The lowest BCUT2D eigenvalue weighted by molar-refractivity contribution is 0.504. The summed E-state index contributed by atoms with van der Waals surface area (Å²) in [6.45, 7) is 0.919. The van der Waals surface area contributed by atoms with Gasteiger partial charge >= 0.3 is 0 Å². The molecule has 0 amide bonds. The average molecular weight is 212 g/mol. The van der Waals surface area contributed by atoms with Crippen LogP contribution in [0.1, 0.15) is 42.9 Å². The summed E-state index contributed by atoms with van der Waals surface area (Å²) in [6, 6.07) is 4.52. The molecule has 0 aromatic carbocycles. The Morgan fingerprint density at radius 3 is 2.69 bits per heavy atom. The van der Waals surface area contributed by atoms with Gasteiger partial charge in [0.1, 0.15) is 17.3 Å². The number of imidazole rings is 1. The molecule has 0 N–H and O–H groups in total. The maximum atomic E-state index is 9.21. The molecular formula is C12H12N4. The first-order valence-corrected chi connectivity index (χ1v) is 5.72.